The Balaban J connectivity index is 1.39. The average molecular weight is 414 g/mol. The van der Waals surface area contributed by atoms with Crippen LogP contribution in [0.3, 0.4) is 0 Å². The Hall–Kier alpha value is -2.18. The monoisotopic (exact) mass is 413 g/mol. The highest BCUT2D eigenvalue weighted by Crippen LogP contribution is 2.19. The van der Waals surface area contributed by atoms with Crippen LogP contribution in [-0.2, 0) is 17.9 Å². The molecule has 2 N–H and O–H groups in total. The third kappa shape index (κ3) is 6.98. The van der Waals surface area contributed by atoms with Gasteiger partial charge in [0.15, 0.2) is 0 Å². The van der Waals surface area contributed by atoms with Crippen LogP contribution in [-0.4, -0.2) is 36.3 Å². The van der Waals surface area contributed by atoms with E-state index in [4.69, 9.17) is 0 Å². The van der Waals surface area contributed by atoms with Gasteiger partial charge in [-0.3, -0.25) is 14.5 Å². The smallest absolute Gasteiger partial charge is 0.252 e. The fraction of sp³-hybridized carbons (Fsp3) is 0.478. The first-order valence-electron chi connectivity index (χ1n) is 10.5. The second-order valence-electron chi connectivity index (χ2n) is 7.90. The molecule has 0 bridgehead atoms. The number of rotatable bonds is 9. The molecule has 2 amide bonds. The van der Waals surface area contributed by atoms with Crippen LogP contribution in [0.5, 0.6) is 0 Å². The maximum atomic E-state index is 12.2. The molecule has 2 heterocycles. The summed E-state index contributed by atoms with van der Waals surface area (Å²) in [5, 5.41) is 9.59. The molecule has 0 saturated carbocycles. The molecule has 1 fully saturated rings. The molecular formula is C23H31N3O2S. The van der Waals surface area contributed by atoms with Gasteiger partial charge in [0.05, 0.1) is 0 Å². The lowest BCUT2D eigenvalue weighted by atomic mass is 9.99. The van der Waals surface area contributed by atoms with E-state index in [1.165, 1.54) is 35.3 Å². The minimum Gasteiger partial charge on any atom is -0.352 e. The van der Waals surface area contributed by atoms with Gasteiger partial charge >= 0.3 is 0 Å². The van der Waals surface area contributed by atoms with Crippen molar-refractivity contribution in [2.24, 2.45) is 5.92 Å². The van der Waals surface area contributed by atoms with Crippen molar-refractivity contribution in [3.05, 3.63) is 57.8 Å². The number of likely N-dealkylation sites (tertiary alicyclic amines) is 1. The van der Waals surface area contributed by atoms with Crippen molar-refractivity contribution < 1.29 is 9.59 Å². The van der Waals surface area contributed by atoms with E-state index in [0.717, 1.165) is 25.6 Å². The predicted molar refractivity (Wildman–Crippen MR) is 118 cm³/mol. The van der Waals surface area contributed by atoms with Gasteiger partial charge in [0.2, 0.25) is 5.91 Å². The number of nitrogens with zero attached hydrogens (tertiary/aromatic N) is 1. The lowest BCUT2D eigenvalue weighted by molar-refractivity contribution is -0.121. The molecular weight excluding hydrogens is 382 g/mol. The fourth-order valence-corrected chi connectivity index (χ4v) is 4.42. The third-order valence-corrected chi connectivity index (χ3v) is 6.06. The minimum absolute atomic E-state index is 0.0242. The summed E-state index contributed by atoms with van der Waals surface area (Å²) in [6.45, 7) is 6.64. The molecule has 0 radical (unpaired) electrons. The van der Waals surface area contributed by atoms with E-state index in [9.17, 15) is 9.59 Å². The Kier molecular flexibility index (Phi) is 8.25. The number of hydrogen-bond acceptors (Lipinski definition) is 4. The normalized spacial score (nSPS) is 17.1. The average Bonchev–Trinajstić information content (AvgIpc) is 3.25. The largest absolute Gasteiger partial charge is 0.352 e. The van der Waals surface area contributed by atoms with Crippen LogP contribution in [0.2, 0.25) is 0 Å². The Labute approximate surface area is 177 Å². The number of hydrogen-bond donors (Lipinski definition) is 2. The van der Waals surface area contributed by atoms with Gasteiger partial charge in [-0.15, -0.1) is 0 Å². The number of thiophene rings is 1. The molecule has 6 heteroatoms. The van der Waals surface area contributed by atoms with E-state index in [0.29, 0.717) is 31.5 Å². The third-order valence-electron chi connectivity index (χ3n) is 5.38. The second-order valence-corrected chi connectivity index (χ2v) is 8.68. The van der Waals surface area contributed by atoms with Crippen molar-refractivity contribution in [3.8, 4) is 0 Å². The number of carbonyl (C=O) groups excluding carboxylic acids is 2. The zero-order valence-electron chi connectivity index (χ0n) is 17.2. The molecule has 1 aliphatic rings. The van der Waals surface area contributed by atoms with Crippen molar-refractivity contribution in [2.75, 3.05) is 19.6 Å². The van der Waals surface area contributed by atoms with Crippen LogP contribution in [0.15, 0.2) is 41.1 Å². The highest BCUT2D eigenvalue weighted by molar-refractivity contribution is 7.08. The zero-order chi connectivity index (χ0) is 20.5. The number of amides is 2. The molecule has 156 valence electrons. The van der Waals surface area contributed by atoms with Crippen LogP contribution in [0.4, 0.5) is 0 Å². The van der Waals surface area contributed by atoms with Crippen molar-refractivity contribution in [1.82, 2.24) is 15.5 Å². The lowest BCUT2D eigenvalue weighted by Crippen LogP contribution is -2.34. The van der Waals surface area contributed by atoms with E-state index >= 15 is 0 Å². The molecule has 0 spiro atoms. The molecule has 5 nitrogen and oxygen atoms in total. The SMILES string of the molecule is C[C@@H]1CCCN(Cc2ccccc2CNC(=O)CCCNC(=O)c2ccsc2)C1. The van der Waals surface area contributed by atoms with E-state index in [-0.39, 0.29) is 11.8 Å². The van der Waals surface area contributed by atoms with Gasteiger partial charge in [-0.1, -0.05) is 31.2 Å². The quantitative estimate of drug-likeness (QED) is 0.615. The number of carbonyl (C=O) groups is 2. The molecule has 29 heavy (non-hydrogen) atoms. The number of benzene rings is 1. The van der Waals surface area contributed by atoms with E-state index in [1.54, 1.807) is 6.07 Å². The second kappa shape index (κ2) is 11.1. The Morgan fingerprint density at radius 1 is 1.17 bits per heavy atom. The van der Waals surface area contributed by atoms with Crippen LogP contribution in [0.1, 0.15) is 54.1 Å². The molecule has 0 aliphatic carbocycles. The summed E-state index contributed by atoms with van der Waals surface area (Å²) in [5.41, 5.74) is 3.16. The maximum absolute atomic E-state index is 12.2. The minimum atomic E-state index is -0.0763. The maximum Gasteiger partial charge on any atom is 0.252 e. The first-order valence-corrected chi connectivity index (χ1v) is 11.4. The van der Waals surface area contributed by atoms with Gasteiger partial charge in [0, 0.05) is 43.5 Å². The summed E-state index contributed by atoms with van der Waals surface area (Å²) in [4.78, 5) is 26.6. The van der Waals surface area contributed by atoms with Crippen molar-refractivity contribution in [1.29, 1.82) is 0 Å². The van der Waals surface area contributed by atoms with Crippen molar-refractivity contribution in [3.63, 3.8) is 0 Å². The van der Waals surface area contributed by atoms with Gasteiger partial charge in [-0.25, -0.2) is 0 Å². The first kappa shape index (κ1) is 21.5. The molecule has 1 aromatic heterocycles. The van der Waals surface area contributed by atoms with Crippen LogP contribution >= 0.6 is 11.3 Å². The topological polar surface area (TPSA) is 61.4 Å². The molecule has 1 aliphatic heterocycles. The predicted octanol–water partition coefficient (Wildman–Crippen LogP) is 3.81. The Morgan fingerprint density at radius 3 is 2.76 bits per heavy atom. The first-order chi connectivity index (χ1) is 14.1. The van der Waals surface area contributed by atoms with Gasteiger partial charge in [-0.05, 0) is 54.3 Å². The molecule has 1 aromatic carbocycles. The summed E-state index contributed by atoms with van der Waals surface area (Å²) in [6, 6.07) is 10.2. The summed E-state index contributed by atoms with van der Waals surface area (Å²) in [6.07, 6.45) is 3.63. The fourth-order valence-electron chi connectivity index (χ4n) is 3.78. The summed E-state index contributed by atoms with van der Waals surface area (Å²) in [7, 11) is 0. The van der Waals surface area contributed by atoms with E-state index in [1.807, 2.05) is 16.8 Å². The lowest BCUT2D eigenvalue weighted by Gasteiger charge is -2.31. The summed E-state index contributed by atoms with van der Waals surface area (Å²) >= 11 is 1.50. The standard InChI is InChI=1S/C23H31N3O2S/c1-18-6-5-12-26(15-18)16-20-8-3-2-7-19(20)14-25-22(27)9-4-11-24-23(28)21-10-13-29-17-21/h2-3,7-8,10,13,17-18H,4-6,9,11-12,14-16H2,1H3,(H,24,28)(H,25,27)/t18-/m1/s1. The van der Waals surface area contributed by atoms with Crippen molar-refractivity contribution >= 4 is 23.2 Å². The van der Waals surface area contributed by atoms with Crippen molar-refractivity contribution in [2.45, 2.75) is 45.7 Å². The zero-order valence-corrected chi connectivity index (χ0v) is 18.0. The highest BCUT2D eigenvalue weighted by atomic mass is 32.1. The van der Waals surface area contributed by atoms with Crippen LogP contribution in [0, 0.1) is 5.92 Å². The number of piperidine rings is 1. The molecule has 3 rings (SSSR count). The number of nitrogens with one attached hydrogen (secondary N) is 2. The Bertz CT molecular complexity index is 791. The van der Waals surface area contributed by atoms with Crippen LogP contribution < -0.4 is 10.6 Å². The van der Waals surface area contributed by atoms with E-state index in [2.05, 4.69) is 40.7 Å². The van der Waals surface area contributed by atoms with E-state index < -0.39 is 0 Å². The summed E-state index contributed by atoms with van der Waals surface area (Å²) < 4.78 is 0. The molecule has 0 unspecified atom stereocenters. The van der Waals surface area contributed by atoms with Gasteiger partial charge in [-0.2, -0.15) is 11.3 Å². The highest BCUT2D eigenvalue weighted by Gasteiger charge is 2.17. The summed E-state index contributed by atoms with van der Waals surface area (Å²) in [5.74, 6) is 0.708. The molecule has 2 aromatic rings. The van der Waals surface area contributed by atoms with Gasteiger partial charge < -0.3 is 10.6 Å². The van der Waals surface area contributed by atoms with Crippen LogP contribution in [0.25, 0.3) is 0 Å². The molecule has 1 saturated heterocycles. The Morgan fingerprint density at radius 2 is 2.00 bits per heavy atom. The van der Waals surface area contributed by atoms with Gasteiger partial charge in [0.25, 0.3) is 5.91 Å². The molecule has 1 atom stereocenters. The van der Waals surface area contributed by atoms with Gasteiger partial charge in [0.1, 0.15) is 0 Å².